The molecule has 0 aromatic carbocycles. The van der Waals surface area contributed by atoms with E-state index in [-0.39, 0.29) is 6.04 Å². The Bertz CT molecular complexity index is 418. The zero-order valence-electron chi connectivity index (χ0n) is 15.0. The Kier molecular flexibility index (Phi) is 10.6. The minimum absolute atomic E-state index is 0.218. The number of likely N-dealkylation sites (N-methyl/N-ethyl adjacent to an activating group) is 1. The minimum atomic E-state index is 0.218. The molecule has 1 unspecified atom stereocenters. The van der Waals surface area contributed by atoms with Crippen molar-refractivity contribution in [3.63, 3.8) is 0 Å². The number of aliphatic imine (C=N–C) groups is 1. The lowest BCUT2D eigenvalue weighted by molar-refractivity contribution is 0.193. The summed E-state index contributed by atoms with van der Waals surface area (Å²) in [6, 6.07) is 4.21. The maximum Gasteiger partial charge on any atom is 0.191 e. The Balaban J connectivity index is 2.49. The normalized spacial score (nSPS) is 13.3. The van der Waals surface area contributed by atoms with E-state index in [1.807, 2.05) is 30.9 Å². The van der Waals surface area contributed by atoms with Crippen LogP contribution in [0.1, 0.15) is 38.5 Å². The van der Waals surface area contributed by atoms with Gasteiger partial charge in [-0.2, -0.15) is 11.8 Å². The molecule has 1 aromatic rings. The third-order valence-corrected chi connectivity index (χ3v) is 4.58. The molecular weight excluding hydrogens is 308 g/mol. The van der Waals surface area contributed by atoms with Gasteiger partial charge in [-0.15, -0.1) is 0 Å². The van der Waals surface area contributed by atoms with Crippen molar-refractivity contribution in [2.75, 3.05) is 45.2 Å². The van der Waals surface area contributed by atoms with Crippen molar-refractivity contribution in [3.8, 4) is 0 Å². The van der Waals surface area contributed by atoms with E-state index in [9.17, 15) is 0 Å². The lowest BCUT2D eigenvalue weighted by atomic mass is 10.2. The number of furan rings is 1. The van der Waals surface area contributed by atoms with Crippen LogP contribution < -0.4 is 10.6 Å². The molecule has 1 rings (SSSR count). The second-order valence-corrected chi connectivity index (χ2v) is 6.32. The lowest BCUT2D eigenvalue weighted by Gasteiger charge is -2.28. The third-order valence-electron chi connectivity index (χ3n) is 3.88. The molecule has 0 radical (unpaired) electrons. The van der Waals surface area contributed by atoms with Gasteiger partial charge in [-0.05, 0) is 50.1 Å². The number of hydrogen-bond donors (Lipinski definition) is 2. The summed E-state index contributed by atoms with van der Waals surface area (Å²) in [7, 11) is 1.82. The minimum Gasteiger partial charge on any atom is -0.468 e. The quantitative estimate of drug-likeness (QED) is 0.368. The Morgan fingerprint density at radius 2 is 2.09 bits per heavy atom. The largest absolute Gasteiger partial charge is 0.468 e. The fourth-order valence-electron chi connectivity index (χ4n) is 2.55. The molecular formula is C17H32N4OS. The summed E-state index contributed by atoms with van der Waals surface area (Å²) < 4.78 is 5.63. The van der Waals surface area contributed by atoms with Crippen molar-refractivity contribution < 1.29 is 4.42 Å². The first kappa shape index (κ1) is 19.9. The van der Waals surface area contributed by atoms with Gasteiger partial charge in [-0.1, -0.05) is 13.8 Å². The van der Waals surface area contributed by atoms with Gasteiger partial charge in [-0.3, -0.25) is 9.89 Å². The highest BCUT2D eigenvalue weighted by Gasteiger charge is 2.20. The first-order valence-corrected chi connectivity index (χ1v) is 9.87. The summed E-state index contributed by atoms with van der Waals surface area (Å²) in [6.07, 6.45) is 6.29. The van der Waals surface area contributed by atoms with Gasteiger partial charge in [-0.25, -0.2) is 0 Å². The average molecular weight is 341 g/mol. The highest BCUT2D eigenvalue weighted by Crippen LogP contribution is 2.20. The molecule has 1 atom stereocenters. The molecule has 0 aliphatic rings. The molecule has 2 N–H and O–H groups in total. The molecule has 23 heavy (non-hydrogen) atoms. The first-order chi connectivity index (χ1) is 11.3. The number of nitrogens with zero attached hydrogens (tertiary/aromatic N) is 2. The molecule has 0 aliphatic carbocycles. The van der Waals surface area contributed by atoms with Crippen LogP contribution in [-0.2, 0) is 0 Å². The van der Waals surface area contributed by atoms with E-state index in [1.54, 1.807) is 6.26 Å². The summed E-state index contributed by atoms with van der Waals surface area (Å²) in [4.78, 5) is 6.70. The summed E-state index contributed by atoms with van der Waals surface area (Å²) in [5.74, 6) is 3.07. The van der Waals surface area contributed by atoms with Crippen LogP contribution in [0, 0.1) is 0 Å². The maximum absolute atomic E-state index is 5.63. The molecule has 5 nitrogen and oxygen atoms in total. The molecule has 0 amide bonds. The van der Waals surface area contributed by atoms with E-state index >= 15 is 0 Å². The van der Waals surface area contributed by atoms with Gasteiger partial charge in [0.25, 0.3) is 0 Å². The number of hydrogen-bond acceptors (Lipinski definition) is 4. The van der Waals surface area contributed by atoms with Crippen LogP contribution in [0.25, 0.3) is 0 Å². The zero-order chi connectivity index (χ0) is 16.9. The smallest absolute Gasteiger partial charge is 0.191 e. The van der Waals surface area contributed by atoms with Gasteiger partial charge < -0.3 is 15.1 Å². The van der Waals surface area contributed by atoms with Crippen molar-refractivity contribution >= 4 is 17.7 Å². The fourth-order valence-corrected chi connectivity index (χ4v) is 3.04. The Morgan fingerprint density at radius 1 is 1.30 bits per heavy atom. The Hall–Kier alpha value is -1.14. The van der Waals surface area contributed by atoms with Gasteiger partial charge in [0.05, 0.1) is 12.3 Å². The summed E-state index contributed by atoms with van der Waals surface area (Å²) >= 11 is 1.90. The molecule has 0 spiro atoms. The number of unbranched alkanes of at least 4 members (excludes halogenated alkanes) is 1. The van der Waals surface area contributed by atoms with E-state index in [2.05, 4.69) is 40.6 Å². The molecule has 0 bridgehead atoms. The standard InChI is InChI=1S/C17H32N4OS/c1-5-21(6-2)15(16-10-9-12-22-16)14-20-17(18-3)19-11-7-8-13-23-4/h9-10,12,15H,5-8,11,13-14H2,1-4H3,(H2,18,19,20). The van der Waals surface area contributed by atoms with E-state index in [4.69, 9.17) is 4.42 Å². The van der Waals surface area contributed by atoms with E-state index < -0.39 is 0 Å². The molecule has 0 saturated heterocycles. The van der Waals surface area contributed by atoms with Crippen molar-refractivity contribution in [1.29, 1.82) is 0 Å². The van der Waals surface area contributed by atoms with Crippen molar-refractivity contribution in [2.24, 2.45) is 4.99 Å². The predicted molar refractivity (Wildman–Crippen MR) is 101 cm³/mol. The third kappa shape index (κ3) is 7.31. The van der Waals surface area contributed by atoms with Crippen LogP contribution in [0.15, 0.2) is 27.8 Å². The molecule has 0 fully saturated rings. The molecule has 132 valence electrons. The molecule has 0 saturated carbocycles. The monoisotopic (exact) mass is 340 g/mol. The molecule has 1 aromatic heterocycles. The molecule has 1 heterocycles. The number of nitrogens with one attached hydrogen (secondary N) is 2. The van der Waals surface area contributed by atoms with E-state index in [1.165, 1.54) is 18.6 Å². The van der Waals surface area contributed by atoms with Gasteiger partial charge >= 0.3 is 0 Å². The van der Waals surface area contributed by atoms with Crippen molar-refractivity contribution in [2.45, 2.75) is 32.7 Å². The van der Waals surface area contributed by atoms with E-state index in [0.29, 0.717) is 0 Å². The Labute approximate surface area is 145 Å². The summed E-state index contributed by atoms with van der Waals surface area (Å²) in [6.45, 7) is 8.07. The van der Waals surface area contributed by atoms with Gasteiger partial charge in [0, 0.05) is 20.1 Å². The summed E-state index contributed by atoms with van der Waals surface area (Å²) in [5.41, 5.74) is 0. The average Bonchev–Trinajstić information content (AvgIpc) is 3.10. The highest BCUT2D eigenvalue weighted by atomic mass is 32.2. The van der Waals surface area contributed by atoms with E-state index in [0.717, 1.165) is 37.9 Å². The predicted octanol–water partition coefficient (Wildman–Crippen LogP) is 2.97. The summed E-state index contributed by atoms with van der Waals surface area (Å²) in [5, 5.41) is 6.81. The van der Waals surface area contributed by atoms with Crippen molar-refractivity contribution in [1.82, 2.24) is 15.5 Å². The van der Waals surface area contributed by atoms with Crippen LogP contribution >= 0.6 is 11.8 Å². The number of thioether (sulfide) groups is 1. The second-order valence-electron chi connectivity index (χ2n) is 5.33. The zero-order valence-corrected chi connectivity index (χ0v) is 15.8. The number of guanidine groups is 1. The van der Waals surface area contributed by atoms with Gasteiger partial charge in [0.15, 0.2) is 5.96 Å². The fraction of sp³-hybridized carbons (Fsp3) is 0.706. The lowest BCUT2D eigenvalue weighted by Crippen LogP contribution is -2.43. The topological polar surface area (TPSA) is 52.8 Å². The molecule has 6 heteroatoms. The van der Waals surface area contributed by atoms with Crippen molar-refractivity contribution in [3.05, 3.63) is 24.2 Å². The SMILES string of the molecule is CCN(CC)C(CNC(=NC)NCCCCSC)c1ccco1. The Morgan fingerprint density at radius 3 is 2.65 bits per heavy atom. The van der Waals surface area contributed by atoms with Crippen LogP contribution in [0.5, 0.6) is 0 Å². The second kappa shape index (κ2) is 12.3. The highest BCUT2D eigenvalue weighted by molar-refractivity contribution is 7.98. The van der Waals surface area contributed by atoms with Gasteiger partial charge in [0.2, 0.25) is 0 Å². The van der Waals surface area contributed by atoms with Crippen LogP contribution in [-0.4, -0.2) is 56.1 Å². The number of rotatable bonds is 11. The van der Waals surface area contributed by atoms with Gasteiger partial charge in [0.1, 0.15) is 5.76 Å². The maximum atomic E-state index is 5.63. The van der Waals surface area contributed by atoms with Crippen LogP contribution in [0.3, 0.4) is 0 Å². The first-order valence-electron chi connectivity index (χ1n) is 8.47. The van der Waals surface area contributed by atoms with Crippen LogP contribution in [0.2, 0.25) is 0 Å². The molecule has 0 aliphatic heterocycles. The van der Waals surface area contributed by atoms with Crippen LogP contribution in [0.4, 0.5) is 0 Å².